The summed E-state index contributed by atoms with van der Waals surface area (Å²) in [6.45, 7) is 2.61. The maximum Gasteiger partial charge on any atom is 0.302 e. The first kappa shape index (κ1) is 49.1. The number of phenols is 2. The number of fused-ring (bicyclic) bond motifs is 12. The third kappa shape index (κ3) is 9.52. The lowest BCUT2D eigenvalue weighted by molar-refractivity contribution is -0.141. The van der Waals surface area contributed by atoms with Crippen molar-refractivity contribution in [2.75, 3.05) is 50.9 Å². The van der Waals surface area contributed by atoms with E-state index in [4.69, 9.17) is 34.4 Å². The molecule has 8 atom stereocenters. The Bertz CT molecular complexity index is 2830. The molecule has 5 heterocycles. The second-order valence-corrected chi connectivity index (χ2v) is 23.5. The minimum Gasteiger partial charge on any atom is -0.508 e. The van der Waals surface area contributed by atoms with Crippen LogP contribution >= 0.6 is 21.6 Å². The fourth-order valence-corrected chi connectivity index (χ4v) is 15.8. The first-order valence-corrected chi connectivity index (χ1v) is 28.4. The molecule has 6 bridgehead atoms. The number of aromatic nitrogens is 1. The van der Waals surface area contributed by atoms with Gasteiger partial charge in [0.15, 0.2) is 18.3 Å². The number of pyridine rings is 1. The van der Waals surface area contributed by atoms with Crippen LogP contribution in [0.3, 0.4) is 0 Å². The summed E-state index contributed by atoms with van der Waals surface area (Å²) >= 11 is 0. The number of nitrogens with one attached hydrogen (secondary N) is 2. The van der Waals surface area contributed by atoms with Crippen LogP contribution in [0.2, 0.25) is 0 Å². The van der Waals surface area contributed by atoms with Crippen molar-refractivity contribution in [3.05, 3.63) is 92.7 Å². The highest BCUT2D eigenvalue weighted by Crippen LogP contribution is 2.63. The number of aliphatic hydroxyl groups is 1. The zero-order valence-electron chi connectivity index (χ0n) is 41.2. The monoisotopic (exact) mass is 1010 g/mol. The van der Waals surface area contributed by atoms with E-state index < -0.39 is 30.2 Å². The van der Waals surface area contributed by atoms with E-state index >= 15 is 0 Å². The Balaban J connectivity index is 1.15. The van der Waals surface area contributed by atoms with Crippen molar-refractivity contribution in [3.63, 3.8) is 0 Å². The Morgan fingerprint density at radius 3 is 2.81 bits per heavy atom. The summed E-state index contributed by atoms with van der Waals surface area (Å²) < 4.78 is 32.3. The predicted molar refractivity (Wildman–Crippen MR) is 282 cm³/mol. The molecule has 1 spiro atoms. The van der Waals surface area contributed by atoms with E-state index in [0.29, 0.717) is 72.4 Å². The van der Waals surface area contributed by atoms with Gasteiger partial charge in [0.05, 0.1) is 12.0 Å². The van der Waals surface area contributed by atoms with Crippen LogP contribution in [0.1, 0.15) is 127 Å². The number of hydrogen-bond donors (Lipinski definition) is 6. The van der Waals surface area contributed by atoms with Crippen LogP contribution in [-0.2, 0) is 45.5 Å². The Morgan fingerprint density at radius 2 is 1.94 bits per heavy atom. The second kappa shape index (κ2) is 21.0. The topological polar surface area (TPSA) is 187 Å². The Morgan fingerprint density at radius 1 is 1.06 bits per heavy atom. The summed E-state index contributed by atoms with van der Waals surface area (Å²) in [4.78, 5) is 17.8. The quantitative estimate of drug-likeness (QED) is 0.0275. The summed E-state index contributed by atoms with van der Waals surface area (Å²) in [5.74, 6) is 11.0. The largest absolute Gasteiger partial charge is 0.508 e. The molecule has 7 aliphatic rings. The fraction of sp³-hybridized carbons (Fsp3) is 0.509. The van der Waals surface area contributed by atoms with Crippen molar-refractivity contribution in [1.82, 2.24) is 15.6 Å². The summed E-state index contributed by atoms with van der Waals surface area (Å²) in [6, 6.07) is 11.8. The average Bonchev–Trinajstić information content (AvgIpc) is 3.87. The average molecular weight is 1020 g/mol. The van der Waals surface area contributed by atoms with Gasteiger partial charge in [-0.2, -0.15) is 0 Å². The number of hydrogen-bond acceptors (Lipinski definition) is 15. The Hall–Kier alpha value is -5.08. The summed E-state index contributed by atoms with van der Waals surface area (Å²) in [5, 5.41) is 41.9. The number of esters is 1. The number of phenolic OH excluding ortho intramolecular Hbond substituents is 2. The van der Waals surface area contributed by atoms with Gasteiger partial charge in [-0.25, -0.2) is 4.98 Å². The van der Waals surface area contributed by atoms with Gasteiger partial charge in [0.25, 0.3) is 0 Å². The van der Waals surface area contributed by atoms with Crippen molar-refractivity contribution in [1.29, 1.82) is 0 Å². The van der Waals surface area contributed by atoms with Gasteiger partial charge in [0.2, 0.25) is 0 Å². The van der Waals surface area contributed by atoms with E-state index in [1.165, 1.54) is 19.8 Å². The lowest BCUT2D eigenvalue weighted by Gasteiger charge is -2.39. The van der Waals surface area contributed by atoms with Crippen LogP contribution in [0, 0.1) is 23.7 Å². The van der Waals surface area contributed by atoms with E-state index in [9.17, 15) is 20.1 Å². The number of rotatable bonds is 11. The first-order chi connectivity index (χ1) is 35.1. The third-order valence-electron chi connectivity index (χ3n) is 16.3. The molecule has 4 aromatic rings. The molecule has 0 radical (unpaired) electrons. The van der Waals surface area contributed by atoms with Crippen molar-refractivity contribution < 1.29 is 43.8 Å². The van der Waals surface area contributed by atoms with Crippen molar-refractivity contribution >= 4 is 39.5 Å². The smallest absolute Gasteiger partial charge is 0.302 e. The number of nitrogen functional groups attached to an aromatic ring is 1. The molecule has 3 aliphatic carbocycles. The zero-order chi connectivity index (χ0) is 49.5. The van der Waals surface area contributed by atoms with Crippen LogP contribution in [-0.4, -0.2) is 89.6 Å². The standard InChI is InChI=1S/C57H66N4O9S2/c1-32(63)67-28-44-40-12-13-41-50-36(23-38(64)24-47(50)68-31-62)26-57-18-17-33(25-57)21-35-11-16-49(58)61-45(35)10-6-9-39-43(27-59-19-3-4-20-66-2)53(65)56-42(51(39)54(44)70-55(40)52(41)57)14-15-46-48(69-56)30-72-71-29-34-7-5-8-37(22-34)60-46/h11-16,23-24,33-34,37,44,46,48,54,59-60,62,64-65H,3-5,7-9,17-22,25-31H2,1-2H3,(H2,58,61)/t33-,34-,37+,44+,46+,48-,54+,57-/m1/s1. The minimum atomic E-state index is -0.713. The number of anilines is 1. The fourth-order valence-electron chi connectivity index (χ4n) is 13.2. The number of nitrogens with two attached hydrogens (primary N) is 1. The third-order valence-corrected chi connectivity index (χ3v) is 18.9. The van der Waals surface area contributed by atoms with E-state index in [0.717, 1.165) is 113 Å². The van der Waals surface area contributed by atoms with Gasteiger partial charge in [-0.05, 0) is 123 Å². The van der Waals surface area contributed by atoms with Gasteiger partial charge in [0.1, 0.15) is 47.6 Å². The number of carbonyl (C=O) groups is 1. The van der Waals surface area contributed by atoms with Gasteiger partial charge in [0, 0.05) is 96.0 Å². The predicted octanol–water partition coefficient (Wildman–Crippen LogP) is 8.80. The highest BCUT2D eigenvalue weighted by Gasteiger charge is 2.52. The molecule has 1 aromatic heterocycles. The summed E-state index contributed by atoms with van der Waals surface area (Å²) in [7, 11) is 5.48. The molecular weight excluding hydrogens is 949 g/mol. The molecule has 0 amide bonds. The molecule has 15 heteroatoms. The molecule has 7 N–H and O–H groups in total. The molecule has 380 valence electrons. The number of nitrogens with zero attached hydrogens (tertiary/aromatic N) is 1. The number of benzene rings is 3. The van der Waals surface area contributed by atoms with E-state index in [-0.39, 0.29) is 42.6 Å². The summed E-state index contributed by atoms with van der Waals surface area (Å²) in [5.41, 5.74) is 15.4. The number of carbonyl (C=O) groups excluding carboxylic acids is 1. The van der Waals surface area contributed by atoms with E-state index in [2.05, 4.69) is 52.8 Å². The first-order valence-electron chi connectivity index (χ1n) is 25.9. The minimum absolute atomic E-state index is 0.0449. The SMILES string of the molecule is COCCCCNCc1c(O)c2c(c3c1CC#Cc1nc(N)ccc1C[C@H]1CC[C@]4(Cc5cc(O)cc(OCO)c5-c5ccc6c(c54)O[C@H]3[C@H]6COC(C)=O)C1)C=C[C@@H]1N[C@H]3CCC[C@@H](CSSC[C@H]1O2)C3. The zero-order valence-corrected chi connectivity index (χ0v) is 42.9. The van der Waals surface area contributed by atoms with Crippen LogP contribution in [0.25, 0.3) is 17.2 Å². The maximum atomic E-state index is 12.9. The number of unbranched alkanes of at least 4 members (excludes halogenated alkanes) is 1. The molecule has 2 saturated carbocycles. The normalized spacial score (nSPS) is 26.5. The van der Waals surface area contributed by atoms with Gasteiger partial charge in [-0.3, -0.25) is 4.79 Å². The number of aromatic hydroxyl groups is 2. The van der Waals surface area contributed by atoms with Crippen molar-refractivity contribution in [2.45, 2.75) is 126 Å². The van der Waals surface area contributed by atoms with Crippen molar-refractivity contribution in [2.24, 2.45) is 11.8 Å². The molecule has 0 unspecified atom stereocenters. The molecule has 3 fully saturated rings. The lowest BCUT2D eigenvalue weighted by Crippen LogP contribution is -2.49. The Labute approximate surface area is 430 Å². The number of methoxy groups -OCH3 is 1. The molecule has 72 heavy (non-hydrogen) atoms. The molecule has 11 rings (SSSR count). The van der Waals surface area contributed by atoms with Crippen LogP contribution in [0.4, 0.5) is 5.82 Å². The lowest BCUT2D eigenvalue weighted by atomic mass is 9.65. The molecule has 3 aromatic carbocycles. The van der Waals surface area contributed by atoms with E-state index in [1.807, 2.05) is 33.7 Å². The molecule has 1 saturated heterocycles. The number of aliphatic hydroxyl groups excluding tert-OH is 1. The van der Waals surface area contributed by atoms with Crippen LogP contribution in [0.5, 0.6) is 28.7 Å². The molecular formula is C57H66N4O9S2. The van der Waals surface area contributed by atoms with Crippen LogP contribution < -0.4 is 30.6 Å². The van der Waals surface area contributed by atoms with Crippen LogP contribution in [0.15, 0.2) is 42.5 Å². The van der Waals surface area contributed by atoms with Gasteiger partial charge >= 0.3 is 5.97 Å². The van der Waals surface area contributed by atoms with Gasteiger partial charge < -0.3 is 55.4 Å². The maximum absolute atomic E-state index is 12.9. The molecule has 4 aliphatic heterocycles. The second-order valence-electron chi connectivity index (χ2n) is 20.9. The molecule has 13 nitrogen and oxygen atoms in total. The Kier molecular flexibility index (Phi) is 14.4. The highest BCUT2D eigenvalue weighted by molar-refractivity contribution is 8.76. The van der Waals surface area contributed by atoms with Gasteiger partial charge in [-0.1, -0.05) is 64.3 Å². The number of ether oxygens (including phenoxy) is 5. The highest BCUT2D eigenvalue weighted by atomic mass is 33.1. The van der Waals surface area contributed by atoms with E-state index in [1.54, 1.807) is 13.2 Å². The van der Waals surface area contributed by atoms with Crippen molar-refractivity contribution in [3.8, 4) is 51.7 Å². The van der Waals surface area contributed by atoms with Gasteiger partial charge in [-0.15, -0.1) is 0 Å². The summed E-state index contributed by atoms with van der Waals surface area (Å²) in [6.07, 6.45) is 14.0.